The zero-order chi connectivity index (χ0) is 19.7. The first kappa shape index (κ1) is 17.9. The number of halogens is 3. The van der Waals surface area contributed by atoms with Crippen molar-refractivity contribution in [2.45, 2.75) is 13.1 Å². The molecule has 0 fully saturated rings. The van der Waals surface area contributed by atoms with E-state index in [0.29, 0.717) is 35.3 Å². The van der Waals surface area contributed by atoms with Crippen LogP contribution in [0.3, 0.4) is 0 Å². The average molecular weight is 385 g/mol. The van der Waals surface area contributed by atoms with E-state index >= 15 is 0 Å². The summed E-state index contributed by atoms with van der Waals surface area (Å²) in [6.07, 6.45) is -2.87. The lowest BCUT2D eigenvalue weighted by Gasteiger charge is -2.09. The van der Waals surface area contributed by atoms with E-state index in [1.807, 2.05) is 6.92 Å². The minimum absolute atomic E-state index is 0.186. The summed E-state index contributed by atoms with van der Waals surface area (Å²) in [7, 11) is 0. The molecule has 0 saturated heterocycles. The Balaban J connectivity index is 1.94. The maximum Gasteiger partial charge on any atom is 0.416 e. The Morgan fingerprint density at radius 3 is 2.54 bits per heavy atom. The second-order valence-electron chi connectivity index (χ2n) is 5.85. The van der Waals surface area contributed by atoms with Gasteiger partial charge in [-0.25, -0.2) is 4.98 Å². The van der Waals surface area contributed by atoms with E-state index in [0.717, 1.165) is 12.1 Å². The second kappa shape index (κ2) is 6.91. The standard InChI is InChI=1S/C19H14F3N5O/c1-2-28-17-9-8-16(25-26-17)27-15-7-6-12(19(20,21)22)11-14(15)24-18(27)13-5-3-4-10-23-13/h3-11H,2H2,1H3. The van der Waals surface area contributed by atoms with E-state index < -0.39 is 11.7 Å². The van der Waals surface area contributed by atoms with Gasteiger partial charge in [0.1, 0.15) is 5.69 Å². The van der Waals surface area contributed by atoms with Gasteiger partial charge in [-0.15, -0.1) is 10.2 Å². The van der Waals surface area contributed by atoms with Crippen molar-refractivity contribution in [3.8, 4) is 23.2 Å². The number of imidazole rings is 1. The topological polar surface area (TPSA) is 65.7 Å². The van der Waals surface area contributed by atoms with Crippen molar-refractivity contribution in [2.75, 3.05) is 6.61 Å². The van der Waals surface area contributed by atoms with E-state index in [1.54, 1.807) is 41.1 Å². The monoisotopic (exact) mass is 385 g/mol. The number of pyridine rings is 1. The molecular formula is C19H14F3N5O. The van der Waals surface area contributed by atoms with Crippen LogP contribution >= 0.6 is 0 Å². The fraction of sp³-hybridized carbons (Fsp3) is 0.158. The first-order valence-corrected chi connectivity index (χ1v) is 8.45. The van der Waals surface area contributed by atoms with Crippen LogP contribution in [-0.4, -0.2) is 31.3 Å². The number of benzene rings is 1. The molecule has 0 amide bonds. The van der Waals surface area contributed by atoms with Crippen molar-refractivity contribution < 1.29 is 17.9 Å². The molecule has 0 N–H and O–H groups in total. The van der Waals surface area contributed by atoms with Gasteiger partial charge in [-0.3, -0.25) is 9.55 Å². The summed E-state index contributed by atoms with van der Waals surface area (Å²) < 4.78 is 46.2. The predicted octanol–water partition coefficient (Wildman–Crippen LogP) is 4.30. The lowest BCUT2D eigenvalue weighted by molar-refractivity contribution is -0.137. The fourth-order valence-electron chi connectivity index (χ4n) is 2.81. The molecule has 0 aliphatic carbocycles. The highest BCUT2D eigenvalue weighted by Crippen LogP contribution is 2.33. The minimum atomic E-state index is -4.46. The molecule has 3 aromatic heterocycles. The van der Waals surface area contributed by atoms with Crippen molar-refractivity contribution in [3.63, 3.8) is 0 Å². The average Bonchev–Trinajstić information content (AvgIpc) is 3.08. The molecule has 3 heterocycles. The van der Waals surface area contributed by atoms with Crippen LogP contribution in [0.4, 0.5) is 13.2 Å². The molecule has 0 spiro atoms. The van der Waals surface area contributed by atoms with E-state index in [2.05, 4.69) is 20.2 Å². The summed E-state index contributed by atoms with van der Waals surface area (Å²) in [5.74, 6) is 1.12. The summed E-state index contributed by atoms with van der Waals surface area (Å²) in [6.45, 7) is 2.28. The molecule has 0 radical (unpaired) electrons. The van der Waals surface area contributed by atoms with Gasteiger partial charge < -0.3 is 4.74 Å². The zero-order valence-corrected chi connectivity index (χ0v) is 14.7. The van der Waals surface area contributed by atoms with Gasteiger partial charge in [0.05, 0.1) is 23.2 Å². The molecular weight excluding hydrogens is 371 g/mol. The van der Waals surface area contributed by atoms with Crippen molar-refractivity contribution in [3.05, 3.63) is 60.3 Å². The van der Waals surface area contributed by atoms with Crippen molar-refractivity contribution in [1.29, 1.82) is 0 Å². The third-order valence-electron chi connectivity index (χ3n) is 4.02. The van der Waals surface area contributed by atoms with Crippen LogP contribution in [0, 0.1) is 0 Å². The van der Waals surface area contributed by atoms with Gasteiger partial charge in [0.25, 0.3) is 0 Å². The highest BCUT2D eigenvalue weighted by Gasteiger charge is 2.31. The maximum atomic E-state index is 13.1. The van der Waals surface area contributed by atoms with E-state index in [1.165, 1.54) is 6.07 Å². The maximum absolute atomic E-state index is 13.1. The van der Waals surface area contributed by atoms with Crippen LogP contribution < -0.4 is 4.74 Å². The van der Waals surface area contributed by atoms with Crippen LogP contribution in [0.5, 0.6) is 5.88 Å². The Labute approximate surface area is 157 Å². The van der Waals surface area contributed by atoms with Crippen LogP contribution in [0.25, 0.3) is 28.4 Å². The summed E-state index contributed by atoms with van der Waals surface area (Å²) in [5.41, 5.74) is 0.385. The predicted molar refractivity (Wildman–Crippen MR) is 96.1 cm³/mol. The molecule has 9 heteroatoms. The molecule has 0 unspecified atom stereocenters. The van der Waals surface area contributed by atoms with Gasteiger partial charge >= 0.3 is 6.18 Å². The zero-order valence-electron chi connectivity index (χ0n) is 14.7. The number of aromatic nitrogens is 5. The lowest BCUT2D eigenvalue weighted by Crippen LogP contribution is -2.05. The van der Waals surface area contributed by atoms with Crippen molar-refractivity contribution >= 4 is 11.0 Å². The SMILES string of the molecule is CCOc1ccc(-n2c(-c3ccccn3)nc3cc(C(F)(F)F)ccc32)nn1. The molecule has 28 heavy (non-hydrogen) atoms. The Morgan fingerprint density at radius 2 is 1.89 bits per heavy atom. The minimum Gasteiger partial charge on any atom is -0.477 e. The third kappa shape index (κ3) is 3.26. The van der Waals surface area contributed by atoms with E-state index in [-0.39, 0.29) is 5.52 Å². The molecule has 0 aliphatic rings. The molecule has 4 rings (SSSR count). The van der Waals surface area contributed by atoms with Gasteiger partial charge in [-0.05, 0) is 43.3 Å². The molecule has 142 valence electrons. The van der Waals surface area contributed by atoms with Crippen molar-refractivity contribution in [1.82, 2.24) is 24.7 Å². The van der Waals surface area contributed by atoms with Gasteiger partial charge in [0.15, 0.2) is 11.6 Å². The molecule has 6 nitrogen and oxygen atoms in total. The number of ether oxygens (including phenoxy) is 1. The largest absolute Gasteiger partial charge is 0.477 e. The molecule has 4 aromatic rings. The van der Waals surface area contributed by atoms with Crippen molar-refractivity contribution in [2.24, 2.45) is 0 Å². The quantitative estimate of drug-likeness (QED) is 0.524. The number of nitrogens with zero attached hydrogens (tertiary/aromatic N) is 5. The fourth-order valence-corrected chi connectivity index (χ4v) is 2.81. The normalized spacial score (nSPS) is 11.7. The third-order valence-corrected chi connectivity index (χ3v) is 4.02. The molecule has 0 bridgehead atoms. The van der Waals surface area contributed by atoms with Gasteiger partial charge in [0.2, 0.25) is 5.88 Å². The second-order valence-corrected chi connectivity index (χ2v) is 5.85. The Bertz CT molecular complexity index is 1110. The molecule has 0 atom stereocenters. The van der Waals surface area contributed by atoms with Crippen LogP contribution in [-0.2, 0) is 6.18 Å². The summed E-state index contributed by atoms with van der Waals surface area (Å²) in [4.78, 5) is 8.66. The van der Waals surface area contributed by atoms with E-state index in [4.69, 9.17) is 4.74 Å². The number of alkyl halides is 3. The Hall–Kier alpha value is -3.49. The van der Waals surface area contributed by atoms with Crippen LogP contribution in [0.15, 0.2) is 54.7 Å². The number of fused-ring (bicyclic) bond motifs is 1. The van der Waals surface area contributed by atoms with Gasteiger partial charge in [-0.1, -0.05) is 6.07 Å². The summed E-state index contributed by atoms with van der Waals surface area (Å²) >= 11 is 0. The Kier molecular flexibility index (Phi) is 4.42. The first-order valence-electron chi connectivity index (χ1n) is 8.45. The van der Waals surface area contributed by atoms with Crippen LogP contribution in [0.1, 0.15) is 12.5 Å². The summed E-state index contributed by atoms with van der Waals surface area (Å²) in [5, 5.41) is 8.15. The molecule has 0 aliphatic heterocycles. The molecule has 1 aromatic carbocycles. The van der Waals surface area contributed by atoms with Gasteiger partial charge in [0, 0.05) is 12.3 Å². The van der Waals surface area contributed by atoms with Crippen LogP contribution in [0.2, 0.25) is 0 Å². The molecule has 0 saturated carbocycles. The van der Waals surface area contributed by atoms with Gasteiger partial charge in [-0.2, -0.15) is 13.2 Å². The van der Waals surface area contributed by atoms with E-state index in [9.17, 15) is 13.2 Å². The first-order chi connectivity index (χ1) is 13.5. The number of hydrogen-bond acceptors (Lipinski definition) is 5. The smallest absolute Gasteiger partial charge is 0.416 e. The number of rotatable bonds is 4. The Morgan fingerprint density at radius 1 is 1.04 bits per heavy atom. The lowest BCUT2D eigenvalue weighted by atomic mass is 10.2. The highest BCUT2D eigenvalue weighted by atomic mass is 19.4. The number of hydrogen-bond donors (Lipinski definition) is 0. The highest BCUT2D eigenvalue weighted by molar-refractivity contribution is 5.83. The summed E-state index contributed by atoms with van der Waals surface area (Å²) in [6, 6.07) is 12.0.